The second kappa shape index (κ2) is 7.91. The predicted octanol–water partition coefficient (Wildman–Crippen LogP) is 4.37. The van der Waals surface area contributed by atoms with Gasteiger partial charge in [-0.3, -0.25) is 14.5 Å². The van der Waals surface area contributed by atoms with Crippen molar-refractivity contribution in [3.63, 3.8) is 0 Å². The number of ether oxygens (including phenoxy) is 1. The third-order valence-corrected chi connectivity index (χ3v) is 4.95. The molecule has 0 bridgehead atoms. The molecule has 1 saturated heterocycles. The molecule has 2 rings (SSSR count). The van der Waals surface area contributed by atoms with Crippen LogP contribution in [-0.2, 0) is 27.0 Å². The molecule has 1 N–H and O–H groups in total. The van der Waals surface area contributed by atoms with Crippen LogP contribution in [0.2, 0.25) is 5.02 Å². The number of carbonyl (C=O) groups excluding carboxylic acids is 1. The Balaban J connectivity index is 2.20. The molecule has 1 aliphatic heterocycles. The number of likely N-dealkylation sites (tertiary alicyclic amines) is 1. The topological polar surface area (TPSA) is 66.8 Å². The van der Waals surface area contributed by atoms with Crippen molar-refractivity contribution >= 4 is 23.5 Å². The summed E-state index contributed by atoms with van der Waals surface area (Å²) >= 11 is 5.99. The molecule has 0 aliphatic carbocycles. The number of nitrogens with zero attached hydrogens (tertiary/aromatic N) is 1. The highest BCUT2D eigenvalue weighted by atomic mass is 35.5. The molecule has 0 aromatic heterocycles. The van der Waals surface area contributed by atoms with Gasteiger partial charge in [-0.1, -0.05) is 17.7 Å². The van der Waals surface area contributed by atoms with Crippen LogP contribution in [0.1, 0.15) is 44.7 Å². The number of alkyl halides is 3. The minimum atomic E-state index is -4.57. The van der Waals surface area contributed by atoms with E-state index < -0.39 is 34.7 Å². The standard InChI is InChI=1S/C19H23ClF3NO4/c1-17(2,3)28-15(25)9-18(16(26)27)7-8-24(11-18)10-12-13(19(21,22)23)5-4-6-14(12)20/h4-6H,7-11H2,1-3H3,(H,26,27). The number of benzene rings is 1. The summed E-state index contributed by atoms with van der Waals surface area (Å²) in [4.78, 5) is 25.6. The number of rotatable bonds is 5. The summed E-state index contributed by atoms with van der Waals surface area (Å²) in [6.07, 6.45) is -4.78. The predicted molar refractivity (Wildman–Crippen MR) is 96.9 cm³/mol. The highest BCUT2D eigenvalue weighted by molar-refractivity contribution is 6.31. The maximum atomic E-state index is 13.3. The molecule has 1 heterocycles. The lowest BCUT2D eigenvalue weighted by Crippen LogP contribution is -2.38. The Labute approximate surface area is 166 Å². The van der Waals surface area contributed by atoms with Gasteiger partial charge in [0.05, 0.1) is 17.4 Å². The fourth-order valence-corrected chi connectivity index (χ4v) is 3.58. The molecule has 1 aromatic rings. The molecule has 1 aromatic carbocycles. The molecule has 28 heavy (non-hydrogen) atoms. The minimum absolute atomic E-state index is 0.0326. The summed E-state index contributed by atoms with van der Waals surface area (Å²) in [5.74, 6) is -1.82. The van der Waals surface area contributed by atoms with Crippen LogP contribution >= 0.6 is 11.6 Å². The molecule has 1 fully saturated rings. The number of carboxylic acid groups (broad SMARTS) is 1. The van der Waals surface area contributed by atoms with E-state index in [1.165, 1.54) is 12.1 Å². The fraction of sp³-hybridized carbons (Fsp3) is 0.579. The SMILES string of the molecule is CC(C)(C)OC(=O)CC1(C(=O)O)CCN(Cc2c(Cl)cccc2C(F)(F)F)C1. The van der Waals surface area contributed by atoms with Crippen molar-refractivity contribution in [1.29, 1.82) is 0 Å². The molecule has 0 saturated carbocycles. The van der Waals surface area contributed by atoms with Crippen molar-refractivity contribution in [2.24, 2.45) is 5.41 Å². The third-order valence-electron chi connectivity index (χ3n) is 4.60. The molecular weight excluding hydrogens is 399 g/mol. The summed E-state index contributed by atoms with van der Waals surface area (Å²) < 4.78 is 45.1. The Morgan fingerprint density at radius 3 is 2.46 bits per heavy atom. The Morgan fingerprint density at radius 2 is 1.93 bits per heavy atom. The number of hydrogen-bond acceptors (Lipinski definition) is 4. The van der Waals surface area contributed by atoms with Crippen molar-refractivity contribution < 1.29 is 32.6 Å². The maximum Gasteiger partial charge on any atom is 0.416 e. The Bertz CT molecular complexity index is 761. The van der Waals surface area contributed by atoms with Crippen LogP contribution < -0.4 is 0 Å². The Kier molecular flexibility index (Phi) is 6.35. The number of carboxylic acids is 1. The molecule has 0 radical (unpaired) electrons. The first kappa shape index (κ1) is 22.5. The monoisotopic (exact) mass is 421 g/mol. The molecule has 5 nitrogen and oxygen atoms in total. The van der Waals surface area contributed by atoms with Crippen molar-refractivity contribution in [2.45, 2.75) is 51.9 Å². The minimum Gasteiger partial charge on any atom is -0.481 e. The van der Waals surface area contributed by atoms with Gasteiger partial charge >= 0.3 is 18.1 Å². The number of carbonyl (C=O) groups is 2. The fourth-order valence-electron chi connectivity index (χ4n) is 3.35. The largest absolute Gasteiger partial charge is 0.481 e. The number of hydrogen-bond donors (Lipinski definition) is 1. The Hall–Kier alpha value is -1.80. The first-order valence-corrected chi connectivity index (χ1v) is 9.13. The van der Waals surface area contributed by atoms with Gasteiger partial charge < -0.3 is 9.84 Å². The van der Waals surface area contributed by atoms with E-state index >= 15 is 0 Å². The van der Waals surface area contributed by atoms with Gasteiger partial charge in [-0.05, 0) is 51.4 Å². The summed E-state index contributed by atoms with van der Waals surface area (Å²) in [6.45, 7) is 5.04. The normalized spacial score (nSPS) is 21.0. The second-order valence-corrected chi connectivity index (χ2v) is 8.48. The van der Waals surface area contributed by atoms with Gasteiger partial charge in [0, 0.05) is 18.1 Å². The van der Waals surface area contributed by atoms with Gasteiger partial charge in [0.2, 0.25) is 0 Å². The van der Waals surface area contributed by atoms with Crippen molar-refractivity contribution in [3.8, 4) is 0 Å². The molecule has 1 aliphatic rings. The van der Waals surface area contributed by atoms with Crippen LogP contribution in [0.3, 0.4) is 0 Å². The highest BCUT2D eigenvalue weighted by Gasteiger charge is 2.47. The van der Waals surface area contributed by atoms with Gasteiger partial charge in [-0.15, -0.1) is 0 Å². The lowest BCUT2D eigenvalue weighted by atomic mass is 9.83. The van der Waals surface area contributed by atoms with Crippen LogP contribution in [0.25, 0.3) is 0 Å². The summed E-state index contributed by atoms with van der Waals surface area (Å²) in [5, 5.41) is 9.66. The first-order chi connectivity index (χ1) is 12.7. The zero-order valence-corrected chi connectivity index (χ0v) is 16.7. The third kappa shape index (κ3) is 5.38. The van der Waals surface area contributed by atoms with Crippen LogP contribution in [0.15, 0.2) is 18.2 Å². The van der Waals surface area contributed by atoms with E-state index in [1.807, 2.05) is 0 Å². The molecule has 0 spiro atoms. The van der Waals surface area contributed by atoms with Gasteiger partial charge in [0.1, 0.15) is 5.60 Å². The quantitative estimate of drug-likeness (QED) is 0.715. The lowest BCUT2D eigenvalue weighted by Gasteiger charge is -2.27. The summed E-state index contributed by atoms with van der Waals surface area (Å²) in [6, 6.07) is 3.54. The molecule has 9 heteroatoms. The second-order valence-electron chi connectivity index (χ2n) is 8.07. The van der Waals surface area contributed by atoms with E-state index in [2.05, 4.69) is 0 Å². The smallest absolute Gasteiger partial charge is 0.416 e. The van der Waals surface area contributed by atoms with Crippen molar-refractivity contribution in [1.82, 2.24) is 4.90 Å². The van der Waals surface area contributed by atoms with Crippen molar-refractivity contribution in [2.75, 3.05) is 13.1 Å². The van der Waals surface area contributed by atoms with Gasteiger partial charge in [0.15, 0.2) is 0 Å². The zero-order chi connectivity index (χ0) is 21.3. The zero-order valence-electron chi connectivity index (χ0n) is 15.9. The van der Waals surface area contributed by atoms with E-state index in [9.17, 15) is 27.9 Å². The summed E-state index contributed by atoms with van der Waals surface area (Å²) in [5.41, 5.74) is -3.11. The molecule has 0 amide bonds. The van der Waals surface area contributed by atoms with Crippen LogP contribution in [0.5, 0.6) is 0 Å². The van der Waals surface area contributed by atoms with E-state index in [1.54, 1.807) is 25.7 Å². The number of aliphatic carboxylic acids is 1. The highest BCUT2D eigenvalue weighted by Crippen LogP contribution is 2.39. The van der Waals surface area contributed by atoms with Crippen LogP contribution in [0.4, 0.5) is 13.2 Å². The van der Waals surface area contributed by atoms with E-state index in [4.69, 9.17) is 16.3 Å². The average molecular weight is 422 g/mol. The number of halogens is 4. The Morgan fingerprint density at radius 1 is 1.29 bits per heavy atom. The van der Waals surface area contributed by atoms with Gasteiger partial charge in [-0.25, -0.2) is 0 Å². The van der Waals surface area contributed by atoms with Crippen molar-refractivity contribution in [3.05, 3.63) is 34.3 Å². The molecule has 1 atom stereocenters. The first-order valence-electron chi connectivity index (χ1n) is 8.76. The molecular formula is C19H23ClF3NO4. The number of esters is 1. The maximum absolute atomic E-state index is 13.3. The van der Waals surface area contributed by atoms with E-state index in [0.29, 0.717) is 0 Å². The van der Waals surface area contributed by atoms with Crippen LogP contribution in [0, 0.1) is 5.41 Å². The van der Waals surface area contributed by atoms with Gasteiger partial charge in [-0.2, -0.15) is 13.2 Å². The van der Waals surface area contributed by atoms with Gasteiger partial charge in [0.25, 0.3) is 0 Å². The van der Waals surface area contributed by atoms with E-state index in [0.717, 1.165) is 6.07 Å². The van der Waals surface area contributed by atoms with E-state index in [-0.39, 0.29) is 43.1 Å². The lowest BCUT2D eigenvalue weighted by molar-refractivity contribution is -0.164. The molecule has 156 valence electrons. The summed E-state index contributed by atoms with van der Waals surface area (Å²) in [7, 11) is 0. The van der Waals surface area contributed by atoms with Crippen LogP contribution in [-0.4, -0.2) is 40.6 Å². The average Bonchev–Trinajstić information content (AvgIpc) is 2.90. The molecule has 1 unspecified atom stereocenters.